The Morgan fingerprint density at radius 1 is 1.24 bits per heavy atom. The zero-order valence-electron chi connectivity index (χ0n) is 12.6. The molecule has 5 heteroatoms. The molecule has 1 heterocycles. The number of benzene rings is 1. The zero-order chi connectivity index (χ0) is 14.8. The molecule has 2 amide bonds. The Bertz CT molecular complexity index is 528. The van der Waals surface area contributed by atoms with E-state index >= 15 is 0 Å². The van der Waals surface area contributed by atoms with Crippen LogP contribution in [0.5, 0.6) is 11.5 Å². The number of urea groups is 1. The van der Waals surface area contributed by atoms with Gasteiger partial charge in [-0.2, -0.15) is 0 Å². The smallest absolute Gasteiger partial charge is 0.318 e. The highest BCUT2D eigenvalue weighted by atomic mass is 16.5. The van der Waals surface area contributed by atoms with E-state index in [1.165, 1.54) is 0 Å². The van der Waals surface area contributed by atoms with Crippen molar-refractivity contribution in [3.05, 3.63) is 23.8 Å². The van der Waals surface area contributed by atoms with Gasteiger partial charge in [0.15, 0.2) is 0 Å². The molecule has 0 radical (unpaired) electrons. The van der Waals surface area contributed by atoms with Crippen LogP contribution in [0.3, 0.4) is 0 Å². The van der Waals surface area contributed by atoms with Gasteiger partial charge in [-0.1, -0.05) is 0 Å². The van der Waals surface area contributed by atoms with Gasteiger partial charge in [-0.15, -0.1) is 0 Å². The van der Waals surface area contributed by atoms with E-state index in [4.69, 9.17) is 9.47 Å². The number of rotatable bonds is 4. The number of carbonyl (C=O) groups is 1. The summed E-state index contributed by atoms with van der Waals surface area (Å²) in [6.45, 7) is 0.804. The molecular formula is C16H22N2O3. The van der Waals surface area contributed by atoms with Crippen molar-refractivity contribution in [2.45, 2.75) is 37.8 Å². The first-order valence-corrected chi connectivity index (χ1v) is 7.52. The fourth-order valence-electron chi connectivity index (χ4n) is 2.91. The first kappa shape index (κ1) is 14.0. The molecule has 1 aliphatic carbocycles. The Labute approximate surface area is 125 Å². The summed E-state index contributed by atoms with van der Waals surface area (Å²) in [5.74, 6) is 1.55. The largest absolute Gasteiger partial charge is 0.497 e. The number of nitrogens with zero attached hydrogens (tertiary/aromatic N) is 1. The molecule has 2 aliphatic rings. The number of carbonyl (C=O) groups excluding carboxylic acids is 1. The summed E-state index contributed by atoms with van der Waals surface area (Å²) in [4.78, 5) is 14.3. The molecule has 0 aromatic heterocycles. The Morgan fingerprint density at radius 2 is 2.05 bits per heavy atom. The number of nitrogens with one attached hydrogen (secondary N) is 1. The molecule has 1 aromatic rings. The van der Waals surface area contributed by atoms with Crippen molar-refractivity contribution in [1.82, 2.24) is 10.2 Å². The lowest BCUT2D eigenvalue weighted by Gasteiger charge is -2.26. The molecule has 5 nitrogen and oxygen atoms in total. The van der Waals surface area contributed by atoms with Crippen LogP contribution >= 0.6 is 0 Å². The highest BCUT2D eigenvalue weighted by molar-refractivity contribution is 5.76. The SMILES string of the molecule is COc1ccc([C@H]2CCCN2C(=O)NC2CC2)c(OC)c1. The minimum Gasteiger partial charge on any atom is -0.497 e. The fourth-order valence-corrected chi connectivity index (χ4v) is 2.91. The molecule has 0 spiro atoms. The average Bonchev–Trinajstić information content (AvgIpc) is 3.18. The van der Waals surface area contributed by atoms with Crippen molar-refractivity contribution < 1.29 is 14.3 Å². The van der Waals surface area contributed by atoms with Gasteiger partial charge in [0.2, 0.25) is 0 Å². The predicted octanol–water partition coefficient (Wildman–Crippen LogP) is 2.71. The molecule has 21 heavy (non-hydrogen) atoms. The Morgan fingerprint density at radius 3 is 2.71 bits per heavy atom. The van der Waals surface area contributed by atoms with Crippen molar-refractivity contribution in [1.29, 1.82) is 0 Å². The van der Waals surface area contributed by atoms with Gasteiger partial charge in [0.05, 0.1) is 20.3 Å². The van der Waals surface area contributed by atoms with Gasteiger partial charge >= 0.3 is 6.03 Å². The second kappa shape index (κ2) is 5.84. The van der Waals surface area contributed by atoms with Gasteiger partial charge in [-0.25, -0.2) is 4.79 Å². The lowest BCUT2D eigenvalue weighted by molar-refractivity contribution is 0.191. The van der Waals surface area contributed by atoms with E-state index in [9.17, 15) is 4.79 Å². The minimum absolute atomic E-state index is 0.0536. The molecule has 2 fully saturated rings. The topological polar surface area (TPSA) is 50.8 Å². The summed E-state index contributed by atoms with van der Waals surface area (Å²) in [7, 11) is 3.29. The second-order valence-corrected chi connectivity index (χ2v) is 5.68. The Balaban J connectivity index is 1.82. The molecular weight excluding hydrogens is 268 g/mol. The highest BCUT2D eigenvalue weighted by Gasteiger charge is 2.34. The molecule has 1 aliphatic heterocycles. The molecule has 0 unspecified atom stereocenters. The van der Waals surface area contributed by atoms with Crippen LogP contribution in [0.4, 0.5) is 4.79 Å². The van der Waals surface area contributed by atoms with Crippen molar-refractivity contribution in [3.63, 3.8) is 0 Å². The van der Waals surface area contributed by atoms with E-state index in [1.807, 2.05) is 23.1 Å². The normalized spacial score (nSPS) is 21.2. The zero-order valence-corrected chi connectivity index (χ0v) is 12.6. The third-order valence-electron chi connectivity index (χ3n) is 4.22. The molecule has 3 rings (SSSR count). The first-order chi connectivity index (χ1) is 10.2. The molecule has 1 saturated carbocycles. The first-order valence-electron chi connectivity index (χ1n) is 7.52. The van der Waals surface area contributed by atoms with Crippen LogP contribution in [-0.2, 0) is 0 Å². The third-order valence-corrected chi connectivity index (χ3v) is 4.22. The summed E-state index contributed by atoms with van der Waals surface area (Å²) in [5.41, 5.74) is 1.06. The molecule has 1 saturated heterocycles. The van der Waals surface area contributed by atoms with Crippen LogP contribution in [0, 0.1) is 0 Å². The number of hydrogen-bond donors (Lipinski definition) is 1. The molecule has 0 bridgehead atoms. The average molecular weight is 290 g/mol. The lowest BCUT2D eigenvalue weighted by atomic mass is 10.0. The summed E-state index contributed by atoms with van der Waals surface area (Å²) >= 11 is 0. The van der Waals surface area contributed by atoms with Gasteiger partial charge in [0, 0.05) is 24.2 Å². The fraction of sp³-hybridized carbons (Fsp3) is 0.562. The van der Waals surface area contributed by atoms with Gasteiger partial charge in [-0.3, -0.25) is 0 Å². The van der Waals surface area contributed by atoms with Gasteiger partial charge in [-0.05, 0) is 37.8 Å². The Kier molecular flexibility index (Phi) is 3.90. The minimum atomic E-state index is 0.0536. The molecule has 1 N–H and O–H groups in total. The van der Waals surface area contributed by atoms with Crippen LogP contribution < -0.4 is 14.8 Å². The van der Waals surface area contributed by atoms with Crippen molar-refractivity contribution in [3.8, 4) is 11.5 Å². The number of methoxy groups -OCH3 is 2. The monoisotopic (exact) mass is 290 g/mol. The van der Waals surface area contributed by atoms with Crippen LogP contribution in [-0.4, -0.2) is 37.7 Å². The molecule has 1 atom stereocenters. The molecule has 1 aromatic carbocycles. The maximum absolute atomic E-state index is 12.4. The molecule has 114 valence electrons. The van der Waals surface area contributed by atoms with E-state index in [0.717, 1.165) is 49.3 Å². The van der Waals surface area contributed by atoms with Crippen molar-refractivity contribution >= 4 is 6.03 Å². The highest BCUT2D eigenvalue weighted by Crippen LogP contribution is 2.38. The van der Waals surface area contributed by atoms with E-state index in [2.05, 4.69) is 5.32 Å². The number of likely N-dealkylation sites (tertiary alicyclic amines) is 1. The van der Waals surface area contributed by atoms with Crippen LogP contribution in [0.1, 0.15) is 37.3 Å². The second-order valence-electron chi connectivity index (χ2n) is 5.68. The van der Waals surface area contributed by atoms with Gasteiger partial charge in [0.1, 0.15) is 11.5 Å². The van der Waals surface area contributed by atoms with Crippen LogP contribution in [0.2, 0.25) is 0 Å². The van der Waals surface area contributed by atoms with Gasteiger partial charge in [0.25, 0.3) is 0 Å². The van der Waals surface area contributed by atoms with E-state index in [0.29, 0.717) is 6.04 Å². The quantitative estimate of drug-likeness (QED) is 0.927. The summed E-state index contributed by atoms with van der Waals surface area (Å²) in [6, 6.07) is 6.34. The van der Waals surface area contributed by atoms with Crippen molar-refractivity contribution in [2.24, 2.45) is 0 Å². The van der Waals surface area contributed by atoms with E-state index in [1.54, 1.807) is 14.2 Å². The maximum atomic E-state index is 12.4. The third kappa shape index (κ3) is 2.91. The van der Waals surface area contributed by atoms with Crippen molar-refractivity contribution in [2.75, 3.05) is 20.8 Å². The summed E-state index contributed by atoms with van der Waals surface area (Å²) < 4.78 is 10.7. The number of hydrogen-bond acceptors (Lipinski definition) is 3. The Hall–Kier alpha value is -1.91. The number of amides is 2. The van der Waals surface area contributed by atoms with Crippen LogP contribution in [0.15, 0.2) is 18.2 Å². The summed E-state index contributed by atoms with van der Waals surface area (Å²) in [5, 5.41) is 3.08. The van der Waals surface area contributed by atoms with E-state index in [-0.39, 0.29) is 12.1 Å². The number of ether oxygens (including phenoxy) is 2. The standard InChI is InChI=1S/C16H22N2O3/c1-20-12-7-8-13(15(10-12)21-2)14-4-3-9-18(14)16(19)17-11-5-6-11/h7-8,10-11,14H,3-6,9H2,1-2H3,(H,17,19)/t14-/m1/s1. The van der Waals surface area contributed by atoms with Gasteiger partial charge < -0.3 is 19.7 Å². The summed E-state index contributed by atoms with van der Waals surface area (Å²) in [6.07, 6.45) is 4.21. The lowest BCUT2D eigenvalue weighted by Crippen LogP contribution is -2.40. The maximum Gasteiger partial charge on any atom is 0.318 e. The predicted molar refractivity (Wildman–Crippen MR) is 79.8 cm³/mol. The van der Waals surface area contributed by atoms with E-state index < -0.39 is 0 Å². The van der Waals surface area contributed by atoms with Crippen LogP contribution in [0.25, 0.3) is 0 Å².